The molecule has 2 heterocycles. The number of pyridine rings is 1. The number of benzene rings is 1. The number of carbonyl (C=O) groups excluding carboxylic acids is 2. The maximum Gasteiger partial charge on any atom is 0.346 e. The maximum absolute atomic E-state index is 12.2. The van der Waals surface area contributed by atoms with Crippen molar-refractivity contribution >= 4 is 23.2 Å². The fourth-order valence-corrected chi connectivity index (χ4v) is 2.57. The van der Waals surface area contributed by atoms with Gasteiger partial charge in [0.05, 0.1) is 19.8 Å². The number of ether oxygens (including phenoxy) is 2. The Kier molecular flexibility index (Phi) is 3.80. The van der Waals surface area contributed by atoms with Gasteiger partial charge in [0.25, 0.3) is 0 Å². The summed E-state index contributed by atoms with van der Waals surface area (Å²) < 4.78 is 11.3. The Labute approximate surface area is 132 Å². The molecule has 6 heteroatoms. The van der Waals surface area contributed by atoms with Crippen LogP contribution in [-0.4, -0.2) is 26.2 Å². The Morgan fingerprint density at radius 3 is 2.30 bits per heavy atom. The molecule has 1 aliphatic heterocycles. The van der Waals surface area contributed by atoms with E-state index in [-0.39, 0.29) is 5.57 Å². The van der Waals surface area contributed by atoms with Crippen molar-refractivity contribution in [2.45, 2.75) is 0 Å². The first-order valence-corrected chi connectivity index (χ1v) is 6.95. The number of methoxy groups -OCH3 is 2. The minimum absolute atomic E-state index is 0.135. The molecule has 2 aromatic rings. The van der Waals surface area contributed by atoms with Gasteiger partial charge in [0, 0.05) is 17.7 Å². The number of para-hydroxylation sites is 1. The molecule has 116 valence electrons. The highest BCUT2D eigenvalue weighted by Gasteiger charge is 2.35. The topological polar surface area (TPSA) is 68.5 Å². The number of anilines is 1. The molecule has 6 nitrogen and oxygen atoms in total. The van der Waals surface area contributed by atoms with Crippen LogP contribution in [0.5, 0.6) is 0 Å². The average Bonchev–Trinajstić information content (AvgIpc) is 2.60. The van der Waals surface area contributed by atoms with Crippen molar-refractivity contribution in [2.24, 2.45) is 0 Å². The summed E-state index contributed by atoms with van der Waals surface area (Å²) >= 11 is 0. The fraction of sp³-hybridized carbons (Fsp3) is 0.118. The molecule has 0 unspecified atom stereocenters. The first-order chi connectivity index (χ1) is 11.2. The van der Waals surface area contributed by atoms with E-state index >= 15 is 0 Å². The van der Waals surface area contributed by atoms with Gasteiger partial charge < -0.3 is 9.47 Å². The van der Waals surface area contributed by atoms with E-state index in [1.54, 1.807) is 10.9 Å². The number of nitrogens with zero attached hydrogens (tertiary/aromatic N) is 1. The lowest BCUT2D eigenvalue weighted by Crippen LogP contribution is -2.48. The molecule has 1 aliphatic rings. The molecule has 0 radical (unpaired) electrons. The molecule has 0 saturated carbocycles. The first-order valence-electron chi connectivity index (χ1n) is 6.95. The number of esters is 2. The van der Waals surface area contributed by atoms with E-state index in [1.165, 1.54) is 14.2 Å². The third-order valence-electron chi connectivity index (χ3n) is 3.58. The summed E-state index contributed by atoms with van der Waals surface area (Å²) in [5, 5.41) is 0. The van der Waals surface area contributed by atoms with Crippen molar-refractivity contribution in [3.05, 3.63) is 65.5 Å². The quantitative estimate of drug-likeness (QED) is 0.254. The van der Waals surface area contributed by atoms with Gasteiger partial charge in [-0.1, -0.05) is 22.9 Å². The van der Waals surface area contributed by atoms with Crippen LogP contribution in [0.15, 0.2) is 54.2 Å². The van der Waals surface area contributed by atoms with E-state index < -0.39 is 11.9 Å². The Morgan fingerprint density at radius 2 is 1.61 bits per heavy atom. The molecule has 0 atom stereocenters. The zero-order chi connectivity index (χ0) is 16.4. The summed E-state index contributed by atoms with van der Waals surface area (Å²) in [4.78, 5) is 24.4. The number of carbonyl (C=O) groups is 2. The second kappa shape index (κ2) is 5.92. The van der Waals surface area contributed by atoms with E-state index in [2.05, 4.69) is 5.43 Å². The lowest BCUT2D eigenvalue weighted by Gasteiger charge is -2.19. The Hall–Kier alpha value is -3.15. The van der Waals surface area contributed by atoms with Gasteiger partial charge in [0.2, 0.25) is 11.9 Å². The van der Waals surface area contributed by atoms with E-state index in [0.717, 1.165) is 11.3 Å². The third-order valence-corrected chi connectivity index (χ3v) is 3.58. The van der Waals surface area contributed by atoms with Crippen molar-refractivity contribution in [1.29, 1.82) is 0 Å². The van der Waals surface area contributed by atoms with Crippen LogP contribution >= 0.6 is 0 Å². The van der Waals surface area contributed by atoms with Gasteiger partial charge in [-0.25, -0.2) is 9.59 Å². The highest BCUT2D eigenvalue weighted by Crippen LogP contribution is 2.33. The van der Waals surface area contributed by atoms with Gasteiger partial charge in [0.15, 0.2) is 5.57 Å². The molecule has 3 rings (SSSR count). The molecule has 23 heavy (non-hydrogen) atoms. The number of rotatable bonds is 2. The minimum atomic E-state index is -0.737. The van der Waals surface area contributed by atoms with Gasteiger partial charge in [-0.05, 0) is 12.1 Å². The molecule has 0 bridgehead atoms. The van der Waals surface area contributed by atoms with E-state index in [1.807, 2.05) is 42.5 Å². The summed E-state index contributed by atoms with van der Waals surface area (Å²) in [7, 11) is 2.47. The molecule has 1 aromatic heterocycles. The van der Waals surface area contributed by atoms with Gasteiger partial charge in [-0.2, -0.15) is 5.43 Å². The predicted molar refractivity (Wildman–Crippen MR) is 82.2 cm³/mol. The first kappa shape index (κ1) is 14.8. The number of hydrogen-bond donors (Lipinski definition) is 1. The zero-order valence-corrected chi connectivity index (χ0v) is 12.7. The number of aromatic nitrogens is 1. The van der Waals surface area contributed by atoms with Crippen molar-refractivity contribution < 1.29 is 23.7 Å². The molecule has 0 amide bonds. The summed E-state index contributed by atoms with van der Waals surface area (Å²) in [5.41, 5.74) is 5.72. The highest BCUT2D eigenvalue weighted by molar-refractivity contribution is 6.22. The Morgan fingerprint density at radius 1 is 0.957 bits per heavy atom. The second-order valence-electron chi connectivity index (χ2n) is 4.85. The average molecular weight is 311 g/mol. The predicted octanol–water partition coefficient (Wildman–Crippen LogP) is 1.31. The molecular formula is C17H15N2O4+. The number of fused-ring (bicyclic) bond motifs is 2. The van der Waals surface area contributed by atoms with Crippen LogP contribution < -0.4 is 10.1 Å². The van der Waals surface area contributed by atoms with Gasteiger partial charge in [0.1, 0.15) is 5.69 Å². The van der Waals surface area contributed by atoms with Crippen LogP contribution in [0, 0.1) is 0 Å². The Balaban J connectivity index is 2.38. The molecular weight excluding hydrogens is 296 g/mol. The summed E-state index contributed by atoms with van der Waals surface area (Å²) in [5.74, 6) is -1.47. The van der Waals surface area contributed by atoms with Crippen LogP contribution in [0.4, 0.5) is 5.69 Å². The second-order valence-corrected chi connectivity index (χ2v) is 4.85. The molecule has 0 fully saturated rings. The number of nitrogens with one attached hydrogen (secondary N) is 1. The van der Waals surface area contributed by atoms with Crippen molar-refractivity contribution in [2.75, 3.05) is 19.6 Å². The SMILES string of the molecule is COC(=O)C(C(=O)OC)=C1c2ccccc2N[n+]2ccccc21. The minimum Gasteiger partial charge on any atom is -0.465 e. The lowest BCUT2D eigenvalue weighted by molar-refractivity contribution is -0.646. The van der Waals surface area contributed by atoms with E-state index in [0.29, 0.717) is 11.3 Å². The summed E-state index contributed by atoms with van der Waals surface area (Å²) in [6.45, 7) is 0. The molecule has 1 aromatic carbocycles. The largest absolute Gasteiger partial charge is 0.465 e. The highest BCUT2D eigenvalue weighted by atomic mass is 16.5. The van der Waals surface area contributed by atoms with Crippen molar-refractivity contribution in [3.8, 4) is 0 Å². The van der Waals surface area contributed by atoms with Crippen molar-refractivity contribution in [1.82, 2.24) is 0 Å². The van der Waals surface area contributed by atoms with Crippen LogP contribution in [-0.2, 0) is 19.1 Å². The maximum atomic E-state index is 12.2. The molecule has 0 saturated heterocycles. The standard InChI is InChI=1S/C17H14N2O4/c1-22-16(20)15(17(21)23-2)14-11-7-3-4-8-12(11)18-19-10-6-5-9-13(14)19/h3-10H,1-2H3/p+1. The van der Waals surface area contributed by atoms with Crippen LogP contribution in [0.2, 0.25) is 0 Å². The van der Waals surface area contributed by atoms with Crippen LogP contribution in [0.25, 0.3) is 5.57 Å². The lowest BCUT2D eigenvalue weighted by atomic mass is 9.93. The molecule has 0 aliphatic carbocycles. The van der Waals surface area contributed by atoms with Crippen LogP contribution in [0.3, 0.4) is 0 Å². The molecule has 0 spiro atoms. The number of hydrogen-bond acceptors (Lipinski definition) is 5. The monoisotopic (exact) mass is 311 g/mol. The Bertz CT molecular complexity index is 761. The van der Waals surface area contributed by atoms with E-state index in [4.69, 9.17) is 9.47 Å². The van der Waals surface area contributed by atoms with Crippen molar-refractivity contribution in [3.63, 3.8) is 0 Å². The summed E-state index contributed by atoms with van der Waals surface area (Å²) in [6, 6.07) is 12.9. The van der Waals surface area contributed by atoms with Gasteiger partial charge >= 0.3 is 11.9 Å². The third kappa shape index (κ3) is 2.44. The van der Waals surface area contributed by atoms with Gasteiger partial charge in [-0.3, -0.25) is 0 Å². The zero-order valence-electron chi connectivity index (χ0n) is 12.7. The summed E-state index contributed by atoms with van der Waals surface area (Å²) in [6.07, 6.45) is 1.80. The van der Waals surface area contributed by atoms with E-state index in [9.17, 15) is 9.59 Å². The van der Waals surface area contributed by atoms with Gasteiger partial charge in [-0.15, -0.1) is 0 Å². The fourth-order valence-electron chi connectivity index (χ4n) is 2.57. The molecule has 1 N–H and O–H groups in total. The normalized spacial score (nSPS) is 11.7. The smallest absolute Gasteiger partial charge is 0.346 e. The van der Waals surface area contributed by atoms with Crippen LogP contribution in [0.1, 0.15) is 11.3 Å².